The maximum atomic E-state index is 12.1. The van der Waals surface area contributed by atoms with Crippen molar-refractivity contribution in [3.8, 4) is 0 Å². The third-order valence-electron chi connectivity index (χ3n) is 3.73. The molecule has 3 N–H and O–H groups in total. The average Bonchev–Trinajstić information content (AvgIpc) is 2.29. The van der Waals surface area contributed by atoms with E-state index < -0.39 is 0 Å². The highest BCUT2D eigenvalue weighted by Gasteiger charge is 2.27. The zero-order chi connectivity index (χ0) is 12.8. The molecule has 0 spiro atoms. The first-order valence-electron chi connectivity index (χ1n) is 6.77. The fraction of sp³-hybridized carbons (Fsp3) is 0.923. The molecule has 0 radical (unpaired) electrons. The number of carbonyl (C=O) groups excluding carboxylic acids is 1. The van der Waals surface area contributed by atoms with Crippen molar-refractivity contribution in [3.05, 3.63) is 0 Å². The van der Waals surface area contributed by atoms with Crippen LogP contribution >= 0.6 is 0 Å². The molecule has 1 aliphatic rings. The van der Waals surface area contributed by atoms with Gasteiger partial charge in [-0.2, -0.15) is 0 Å². The van der Waals surface area contributed by atoms with E-state index in [9.17, 15) is 4.79 Å². The van der Waals surface area contributed by atoms with Crippen molar-refractivity contribution < 1.29 is 4.79 Å². The van der Waals surface area contributed by atoms with Gasteiger partial charge in [0, 0.05) is 19.1 Å². The standard InChI is InChI=1S/C13H27N3O/c1-4-5-11(8-14)13(17)15-12-6-7-16(3)9-10(12)2/h10-12H,4-9,14H2,1-3H3,(H,15,17). The molecule has 0 aromatic carbocycles. The summed E-state index contributed by atoms with van der Waals surface area (Å²) in [5, 5.41) is 3.18. The molecule has 4 nitrogen and oxygen atoms in total. The molecule has 0 aliphatic carbocycles. The van der Waals surface area contributed by atoms with Gasteiger partial charge in [0.2, 0.25) is 5.91 Å². The first kappa shape index (κ1) is 14.5. The molecule has 1 amide bonds. The van der Waals surface area contributed by atoms with Crippen molar-refractivity contribution >= 4 is 5.91 Å². The maximum Gasteiger partial charge on any atom is 0.224 e. The fourth-order valence-corrected chi connectivity index (χ4v) is 2.57. The Balaban J connectivity index is 2.44. The van der Waals surface area contributed by atoms with Gasteiger partial charge in [-0.1, -0.05) is 20.3 Å². The molecule has 1 heterocycles. The SMILES string of the molecule is CCCC(CN)C(=O)NC1CCN(C)CC1C. The van der Waals surface area contributed by atoms with Crippen molar-refractivity contribution in [3.63, 3.8) is 0 Å². The summed E-state index contributed by atoms with van der Waals surface area (Å²) in [5.74, 6) is 0.667. The van der Waals surface area contributed by atoms with Gasteiger partial charge in [-0.25, -0.2) is 0 Å². The number of nitrogens with zero attached hydrogens (tertiary/aromatic N) is 1. The minimum Gasteiger partial charge on any atom is -0.353 e. The molecule has 1 fully saturated rings. The molecule has 0 saturated carbocycles. The van der Waals surface area contributed by atoms with Crippen LogP contribution in [-0.2, 0) is 4.79 Å². The lowest BCUT2D eigenvalue weighted by atomic mass is 9.93. The minimum atomic E-state index is -0.00754. The Kier molecular flexibility index (Phi) is 5.92. The maximum absolute atomic E-state index is 12.1. The Morgan fingerprint density at radius 1 is 1.59 bits per heavy atom. The monoisotopic (exact) mass is 241 g/mol. The summed E-state index contributed by atoms with van der Waals surface area (Å²) in [6, 6.07) is 0.324. The normalized spacial score (nSPS) is 27.8. The van der Waals surface area contributed by atoms with Gasteiger partial charge in [0.25, 0.3) is 0 Å². The van der Waals surface area contributed by atoms with Gasteiger partial charge < -0.3 is 16.0 Å². The van der Waals surface area contributed by atoms with E-state index in [-0.39, 0.29) is 11.8 Å². The van der Waals surface area contributed by atoms with E-state index >= 15 is 0 Å². The van der Waals surface area contributed by atoms with Crippen LogP contribution in [0.15, 0.2) is 0 Å². The first-order chi connectivity index (χ1) is 8.08. The van der Waals surface area contributed by atoms with Crippen LogP contribution < -0.4 is 11.1 Å². The van der Waals surface area contributed by atoms with Crippen LogP contribution in [0.3, 0.4) is 0 Å². The van der Waals surface area contributed by atoms with Crippen molar-refractivity contribution in [2.45, 2.75) is 39.2 Å². The average molecular weight is 241 g/mol. The van der Waals surface area contributed by atoms with Crippen molar-refractivity contribution in [2.75, 3.05) is 26.7 Å². The number of likely N-dealkylation sites (tertiary alicyclic amines) is 1. The molecule has 17 heavy (non-hydrogen) atoms. The predicted octanol–water partition coefficient (Wildman–Crippen LogP) is 0.818. The van der Waals surface area contributed by atoms with Crippen molar-refractivity contribution in [2.24, 2.45) is 17.6 Å². The number of hydrogen-bond acceptors (Lipinski definition) is 3. The second-order valence-corrected chi connectivity index (χ2v) is 5.36. The molecule has 3 atom stereocenters. The van der Waals surface area contributed by atoms with Gasteiger partial charge in [0.05, 0.1) is 5.92 Å². The van der Waals surface area contributed by atoms with Gasteiger partial charge >= 0.3 is 0 Å². The molecule has 3 unspecified atom stereocenters. The first-order valence-corrected chi connectivity index (χ1v) is 6.77. The number of hydrogen-bond donors (Lipinski definition) is 2. The summed E-state index contributed by atoms with van der Waals surface area (Å²) >= 11 is 0. The molecular formula is C13H27N3O. The highest BCUT2D eigenvalue weighted by molar-refractivity contribution is 5.79. The minimum absolute atomic E-state index is 0.00754. The molecule has 1 aliphatic heterocycles. The third kappa shape index (κ3) is 4.28. The Hall–Kier alpha value is -0.610. The van der Waals surface area contributed by atoms with E-state index in [0.29, 0.717) is 18.5 Å². The Morgan fingerprint density at radius 3 is 2.82 bits per heavy atom. The summed E-state index contributed by atoms with van der Waals surface area (Å²) in [7, 11) is 2.13. The van der Waals surface area contributed by atoms with E-state index in [1.807, 2.05) is 0 Å². The van der Waals surface area contributed by atoms with Gasteiger partial charge in [-0.05, 0) is 32.4 Å². The van der Waals surface area contributed by atoms with E-state index in [2.05, 4.69) is 31.1 Å². The van der Waals surface area contributed by atoms with Gasteiger partial charge in [-0.3, -0.25) is 4.79 Å². The summed E-state index contributed by atoms with van der Waals surface area (Å²) in [6.07, 6.45) is 2.95. The van der Waals surface area contributed by atoms with Crippen LogP contribution in [0, 0.1) is 11.8 Å². The predicted molar refractivity (Wildman–Crippen MR) is 70.7 cm³/mol. The van der Waals surface area contributed by atoms with E-state index in [4.69, 9.17) is 5.73 Å². The number of carbonyl (C=O) groups is 1. The number of nitrogens with one attached hydrogen (secondary N) is 1. The molecule has 4 heteroatoms. The lowest BCUT2D eigenvalue weighted by Crippen LogP contribution is -2.50. The van der Waals surface area contributed by atoms with E-state index in [1.54, 1.807) is 0 Å². The fourth-order valence-electron chi connectivity index (χ4n) is 2.57. The second-order valence-electron chi connectivity index (χ2n) is 5.36. The van der Waals surface area contributed by atoms with E-state index in [1.165, 1.54) is 0 Å². The Morgan fingerprint density at radius 2 is 2.29 bits per heavy atom. The third-order valence-corrected chi connectivity index (χ3v) is 3.73. The van der Waals surface area contributed by atoms with Crippen LogP contribution in [0.1, 0.15) is 33.1 Å². The molecule has 0 bridgehead atoms. The molecule has 1 rings (SSSR count). The summed E-state index contributed by atoms with van der Waals surface area (Å²) in [4.78, 5) is 14.4. The van der Waals surface area contributed by atoms with Crippen LogP contribution in [-0.4, -0.2) is 43.5 Å². The highest BCUT2D eigenvalue weighted by Crippen LogP contribution is 2.16. The molecule has 0 aromatic heterocycles. The van der Waals surface area contributed by atoms with Crippen LogP contribution in [0.4, 0.5) is 0 Å². The lowest BCUT2D eigenvalue weighted by Gasteiger charge is -2.35. The Bertz CT molecular complexity index is 245. The number of nitrogens with two attached hydrogens (primary N) is 1. The van der Waals surface area contributed by atoms with E-state index in [0.717, 1.165) is 32.4 Å². The lowest BCUT2D eigenvalue weighted by molar-refractivity contribution is -0.126. The molecule has 100 valence electrons. The van der Waals surface area contributed by atoms with Gasteiger partial charge in [-0.15, -0.1) is 0 Å². The quantitative estimate of drug-likeness (QED) is 0.749. The smallest absolute Gasteiger partial charge is 0.224 e. The zero-order valence-corrected chi connectivity index (χ0v) is 11.4. The van der Waals surface area contributed by atoms with Gasteiger partial charge in [0.1, 0.15) is 0 Å². The highest BCUT2D eigenvalue weighted by atomic mass is 16.2. The topological polar surface area (TPSA) is 58.4 Å². The zero-order valence-electron chi connectivity index (χ0n) is 11.4. The van der Waals surface area contributed by atoms with Crippen LogP contribution in [0.2, 0.25) is 0 Å². The molecule has 0 aromatic rings. The molecular weight excluding hydrogens is 214 g/mol. The second kappa shape index (κ2) is 6.97. The van der Waals surface area contributed by atoms with Crippen LogP contribution in [0.25, 0.3) is 0 Å². The Labute approximate surface area is 105 Å². The van der Waals surface area contributed by atoms with Crippen LogP contribution in [0.5, 0.6) is 0 Å². The largest absolute Gasteiger partial charge is 0.353 e. The number of rotatable bonds is 5. The number of piperidine rings is 1. The number of amides is 1. The van der Waals surface area contributed by atoms with Crippen molar-refractivity contribution in [1.29, 1.82) is 0 Å². The summed E-state index contributed by atoms with van der Waals surface area (Å²) < 4.78 is 0. The summed E-state index contributed by atoms with van der Waals surface area (Å²) in [5.41, 5.74) is 5.65. The van der Waals surface area contributed by atoms with Gasteiger partial charge in [0.15, 0.2) is 0 Å². The molecule has 1 saturated heterocycles. The van der Waals surface area contributed by atoms with Crippen molar-refractivity contribution in [1.82, 2.24) is 10.2 Å². The summed E-state index contributed by atoms with van der Waals surface area (Å²) in [6.45, 7) is 6.88.